The van der Waals surface area contributed by atoms with Gasteiger partial charge in [-0.25, -0.2) is 9.98 Å². The molecule has 4 aromatic carbocycles. The third-order valence-corrected chi connectivity index (χ3v) is 15.4. The number of hydrogen-bond donors (Lipinski definition) is 4. The number of benzene rings is 4. The fraction of sp³-hybridized carbons (Fsp3) is 0.370. The van der Waals surface area contributed by atoms with Crippen molar-refractivity contribution in [2.75, 3.05) is 65.4 Å². The lowest BCUT2D eigenvalue weighted by atomic mass is 10.0. The summed E-state index contributed by atoms with van der Waals surface area (Å²) in [6.45, 7) is 1.46. The first-order valence-electron chi connectivity index (χ1n) is 24.0. The summed E-state index contributed by atoms with van der Waals surface area (Å²) in [6.07, 6.45) is 12.7. The van der Waals surface area contributed by atoms with Crippen molar-refractivity contribution in [1.29, 1.82) is 10.8 Å². The highest BCUT2D eigenvalue weighted by atomic mass is 32.1. The molecule has 0 saturated carbocycles. The van der Waals surface area contributed by atoms with Gasteiger partial charge in [-0.2, -0.15) is 9.13 Å². The molecule has 4 N–H and O–H groups in total. The van der Waals surface area contributed by atoms with E-state index < -0.39 is 0 Å². The van der Waals surface area contributed by atoms with Crippen LogP contribution in [0.2, 0.25) is 0 Å². The number of nitrogens with one attached hydrogen (secondary N) is 4. The largest absolute Gasteiger partial charge is 0.493 e. The number of para-hydroxylation sites is 2. The summed E-state index contributed by atoms with van der Waals surface area (Å²) < 4.78 is 29.7. The number of hydrogen-bond acceptors (Lipinski definition) is 12. The van der Waals surface area contributed by atoms with E-state index in [2.05, 4.69) is 118 Å². The molecule has 4 heterocycles. The number of thiazole rings is 2. The summed E-state index contributed by atoms with van der Waals surface area (Å²) in [5.74, 6) is 5.77. The summed E-state index contributed by atoms with van der Waals surface area (Å²) in [5.41, 5.74) is 8.20. The summed E-state index contributed by atoms with van der Waals surface area (Å²) >= 11 is 3.50. The summed E-state index contributed by atoms with van der Waals surface area (Å²) in [7, 11) is 15.0. The Morgan fingerprint density at radius 3 is 1.34 bits per heavy atom. The van der Waals surface area contributed by atoms with Crippen molar-refractivity contribution in [2.24, 2.45) is 24.1 Å². The van der Waals surface area contributed by atoms with E-state index in [1.165, 1.54) is 20.4 Å². The average molecular weight is 983 g/mol. The van der Waals surface area contributed by atoms with Crippen LogP contribution in [0.15, 0.2) is 82.8 Å². The topological polar surface area (TPSA) is 148 Å². The Hall–Kier alpha value is -6.78. The molecule has 2 aliphatic rings. The first kappa shape index (κ1) is 49.6. The van der Waals surface area contributed by atoms with Gasteiger partial charge in [0.1, 0.15) is 35.2 Å². The lowest BCUT2D eigenvalue weighted by molar-refractivity contribution is -0.642. The monoisotopic (exact) mass is 982 g/mol. The van der Waals surface area contributed by atoms with E-state index >= 15 is 0 Å². The predicted octanol–water partition coefficient (Wildman–Crippen LogP) is 10.2. The molecule has 0 atom stereocenters. The first-order valence-corrected chi connectivity index (χ1v) is 25.6. The maximum Gasteiger partial charge on any atom is 0.264 e. The minimum absolute atomic E-state index is 0.550. The van der Waals surface area contributed by atoms with Gasteiger partial charge in [-0.3, -0.25) is 10.8 Å². The quantitative estimate of drug-likeness (QED) is 0.0241. The van der Waals surface area contributed by atoms with Gasteiger partial charge in [0.2, 0.25) is 11.0 Å². The van der Waals surface area contributed by atoms with E-state index in [1.807, 2.05) is 24.3 Å². The van der Waals surface area contributed by atoms with Gasteiger partial charge in [0.05, 0.1) is 62.9 Å². The van der Waals surface area contributed by atoms with Crippen LogP contribution < -0.4 is 48.5 Å². The van der Waals surface area contributed by atoms with Crippen molar-refractivity contribution in [2.45, 2.75) is 64.2 Å². The molecule has 2 aromatic heterocycles. The van der Waals surface area contributed by atoms with Crippen LogP contribution in [0.25, 0.3) is 44.0 Å². The zero-order valence-electron chi connectivity index (χ0n) is 41.7. The molecule has 366 valence electrons. The smallest absolute Gasteiger partial charge is 0.264 e. The minimum atomic E-state index is 0.550. The zero-order valence-corrected chi connectivity index (χ0v) is 43.3. The van der Waals surface area contributed by atoms with Crippen molar-refractivity contribution in [3.8, 4) is 23.0 Å². The van der Waals surface area contributed by atoms with Gasteiger partial charge in [0.15, 0.2) is 23.0 Å². The Labute approximate surface area is 419 Å². The molecular formula is C54H66N10O4S2+2. The molecule has 0 amide bonds. The Balaban J connectivity index is 0.768. The number of ether oxygens (including phenoxy) is 4. The van der Waals surface area contributed by atoms with E-state index in [4.69, 9.17) is 39.8 Å². The van der Waals surface area contributed by atoms with Crippen LogP contribution in [-0.4, -0.2) is 79.0 Å². The lowest BCUT2D eigenvalue weighted by Gasteiger charge is -2.30. The van der Waals surface area contributed by atoms with Crippen LogP contribution in [0.4, 0.5) is 11.4 Å². The summed E-state index contributed by atoms with van der Waals surface area (Å²) in [5, 5.41) is 26.0. The maximum atomic E-state index is 8.54. The number of amidine groups is 4. The molecular weight excluding hydrogens is 917 g/mol. The molecule has 14 nitrogen and oxygen atoms in total. The fourth-order valence-corrected chi connectivity index (χ4v) is 11.2. The third kappa shape index (κ3) is 11.0. The van der Waals surface area contributed by atoms with Crippen molar-refractivity contribution >= 4 is 101 Å². The Morgan fingerprint density at radius 2 is 0.957 bits per heavy atom. The van der Waals surface area contributed by atoms with E-state index in [0.717, 1.165) is 120 Å². The average Bonchev–Trinajstić information content (AvgIpc) is 3.87. The number of aryl methyl sites for hydroxylation is 2. The minimum Gasteiger partial charge on any atom is -0.493 e. The second kappa shape index (κ2) is 22.8. The van der Waals surface area contributed by atoms with Crippen molar-refractivity contribution in [3.05, 3.63) is 93.9 Å². The van der Waals surface area contributed by atoms with Gasteiger partial charge in [0, 0.05) is 100 Å². The number of fused-ring (bicyclic) bond motifs is 4. The fourth-order valence-electron chi connectivity index (χ4n) is 9.00. The number of unbranched alkanes of at least 4 members (excludes halogenated alkanes) is 3. The first-order chi connectivity index (χ1) is 34.0. The second-order valence-corrected chi connectivity index (χ2v) is 19.7. The zero-order chi connectivity index (χ0) is 49.3. The van der Waals surface area contributed by atoms with E-state index in [1.54, 1.807) is 51.1 Å². The number of aromatic nitrogens is 2. The molecule has 0 bridgehead atoms. The van der Waals surface area contributed by atoms with Gasteiger partial charge < -0.3 is 39.4 Å². The summed E-state index contributed by atoms with van der Waals surface area (Å²) in [6, 6.07) is 25.0. The molecule has 8 rings (SSSR count). The van der Waals surface area contributed by atoms with Crippen molar-refractivity contribution in [1.82, 2.24) is 10.6 Å². The summed E-state index contributed by atoms with van der Waals surface area (Å²) in [4.78, 5) is 14.8. The second-order valence-electron chi connectivity index (χ2n) is 17.5. The molecule has 6 aromatic rings. The SMILES string of the molecule is COc1cc2c(cc1OC)N(C)C(CCCCNC(=N)CCCCC(=N)NCCCCC1=NC(=Cc3sc4ccccc4[n+]3C)c3cc(OC)c(OC)cc3N1C)=NC2=Cc1sc2ccccc2[n+]1C. The Morgan fingerprint density at radius 1 is 0.571 bits per heavy atom. The van der Waals surface area contributed by atoms with Crippen LogP contribution >= 0.6 is 22.7 Å². The number of anilines is 2. The highest BCUT2D eigenvalue weighted by Gasteiger charge is 2.28. The molecule has 0 fully saturated rings. The lowest BCUT2D eigenvalue weighted by Crippen LogP contribution is -2.31. The number of methoxy groups -OCH3 is 4. The van der Waals surface area contributed by atoms with E-state index in [0.29, 0.717) is 47.5 Å². The molecule has 2 aliphatic heterocycles. The van der Waals surface area contributed by atoms with Crippen LogP contribution in [0.3, 0.4) is 0 Å². The Kier molecular flexibility index (Phi) is 16.1. The number of nitrogens with zero attached hydrogens (tertiary/aromatic N) is 6. The number of rotatable bonds is 21. The van der Waals surface area contributed by atoms with Gasteiger partial charge in [-0.1, -0.05) is 46.9 Å². The van der Waals surface area contributed by atoms with E-state index in [-0.39, 0.29) is 0 Å². The van der Waals surface area contributed by atoms with Crippen LogP contribution in [-0.2, 0) is 14.1 Å². The molecule has 0 spiro atoms. The Bertz CT molecular complexity index is 2820. The van der Waals surface area contributed by atoms with Crippen LogP contribution in [0.1, 0.15) is 85.4 Å². The normalized spacial score (nSPS) is 14.4. The van der Waals surface area contributed by atoms with Gasteiger partial charge in [0.25, 0.3) is 10.0 Å². The standard InChI is InChI=1S/C54H66N10O4S2/c1-61-41-33-45(67-7)43(65-5)29-35(41)37(31-53-63(3)39-19-9-11-21-47(39)69-53)59-51(61)25-15-17-27-57-49(55)23-13-14-24-50(56)58-28-18-16-26-52-60-38(32-54-64(4)40-20-10-12-22-48(40)70-54)36-30-44(66-6)46(68-8)34-42(36)62(52)2/h9-12,19-22,29-34H,13-18,23-28H2,1-8H3,(H2,55,57)(H2,56,58)/q+2. The highest BCUT2D eigenvalue weighted by Crippen LogP contribution is 2.44. The third-order valence-electron chi connectivity index (χ3n) is 13.1. The molecule has 70 heavy (non-hydrogen) atoms. The molecule has 0 saturated heterocycles. The van der Waals surface area contributed by atoms with Gasteiger partial charge in [-0.15, -0.1) is 0 Å². The van der Waals surface area contributed by atoms with Crippen LogP contribution in [0.5, 0.6) is 23.0 Å². The van der Waals surface area contributed by atoms with Gasteiger partial charge in [-0.05, 0) is 62.8 Å². The molecule has 0 aliphatic carbocycles. The highest BCUT2D eigenvalue weighted by molar-refractivity contribution is 7.19. The van der Waals surface area contributed by atoms with Crippen molar-refractivity contribution < 1.29 is 28.1 Å². The molecule has 0 radical (unpaired) electrons. The van der Waals surface area contributed by atoms with Crippen molar-refractivity contribution in [3.63, 3.8) is 0 Å². The molecule has 0 unspecified atom stereocenters. The van der Waals surface area contributed by atoms with E-state index in [9.17, 15) is 0 Å². The predicted molar refractivity (Wildman–Crippen MR) is 290 cm³/mol. The molecule has 16 heteroatoms. The maximum absolute atomic E-state index is 8.54. The van der Waals surface area contributed by atoms with Crippen LogP contribution in [0, 0.1) is 10.8 Å². The van der Waals surface area contributed by atoms with Gasteiger partial charge >= 0.3 is 0 Å². The number of aliphatic imine (C=N–C) groups is 2.